The Morgan fingerprint density at radius 1 is 1.25 bits per heavy atom. The lowest BCUT2D eigenvalue weighted by Gasteiger charge is -2.26. The van der Waals surface area contributed by atoms with Gasteiger partial charge in [-0.05, 0) is 38.5 Å². The molecule has 0 aromatic heterocycles. The molecular weight excluding hydrogens is 220 g/mol. The van der Waals surface area contributed by atoms with Crippen molar-refractivity contribution in [3.8, 4) is 0 Å². The minimum Gasteiger partial charge on any atom is -0.351 e. The van der Waals surface area contributed by atoms with E-state index in [9.17, 15) is 4.79 Å². The van der Waals surface area contributed by atoms with Crippen molar-refractivity contribution in [3.05, 3.63) is 0 Å². The molecule has 2 fully saturated rings. The lowest BCUT2D eigenvalue weighted by atomic mass is 10.0. The Morgan fingerprint density at radius 2 is 2.12 bits per heavy atom. The number of hydrogen-bond acceptors (Lipinski definition) is 3. The first-order chi connectivity index (χ1) is 7.81. The van der Waals surface area contributed by atoms with Gasteiger partial charge in [-0.3, -0.25) is 4.79 Å². The second-order valence-electron chi connectivity index (χ2n) is 4.82. The minimum atomic E-state index is 0.0665. The monoisotopic (exact) mass is 242 g/mol. The Balaban J connectivity index is 1.81. The Labute approximate surface area is 102 Å². The van der Waals surface area contributed by atoms with E-state index in [2.05, 4.69) is 16.9 Å². The normalized spacial score (nSPS) is 34.9. The molecular formula is C12H22N2OS. The quantitative estimate of drug-likeness (QED) is 0.788. The molecule has 1 amide bonds. The van der Waals surface area contributed by atoms with Crippen molar-refractivity contribution in [3.63, 3.8) is 0 Å². The van der Waals surface area contributed by atoms with Crippen molar-refractivity contribution in [2.45, 2.75) is 55.9 Å². The number of carbonyl (C=O) groups is 1. The maximum atomic E-state index is 12.0. The zero-order chi connectivity index (χ0) is 11.4. The van der Waals surface area contributed by atoms with Gasteiger partial charge in [0.05, 0.1) is 6.04 Å². The van der Waals surface area contributed by atoms with Gasteiger partial charge in [0.15, 0.2) is 0 Å². The molecule has 2 rings (SSSR count). The van der Waals surface area contributed by atoms with Crippen LogP contribution in [0.4, 0.5) is 0 Å². The number of carbonyl (C=O) groups excluding carboxylic acids is 1. The molecule has 1 aliphatic heterocycles. The van der Waals surface area contributed by atoms with E-state index >= 15 is 0 Å². The molecule has 0 aromatic carbocycles. The van der Waals surface area contributed by atoms with Crippen molar-refractivity contribution < 1.29 is 4.79 Å². The third kappa shape index (κ3) is 2.92. The second-order valence-corrected chi connectivity index (χ2v) is 5.90. The number of nitrogens with one attached hydrogen (secondary N) is 2. The number of amides is 1. The lowest BCUT2D eigenvalue weighted by Crippen LogP contribution is -2.50. The zero-order valence-corrected chi connectivity index (χ0v) is 10.8. The summed E-state index contributed by atoms with van der Waals surface area (Å²) in [4.78, 5) is 12.0. The van der Waals surface area contributed by atoms with E-state index in [4.69, 9.17) is 0 Å². The summed E-state index contributed by atoms with van der Waals surface area (Å²) in [5.74, 6) is 0.227. The molecule has 2 N–H and O–H groups in total. The molecule has 0 aromatic rings. The van der Waals surface area contributed by atoms with Crippen LogP contribution in [0, 0.1) is 0 Å². The van der Waals surface area contributed by atoms with Crippen LogP contribution in [0.2, 0.25) is 0 Å². The Kier molecular flexibility index (Phi) is 4.53. The van der Waals surface area contributed by atoms with Crippen LogP contribution in [0.25, 0.3) is 0 Å². The highest BCUT2D eigenvalue weighted by Gasteiger charge is 2.30. The molecule has 0 spiro atoms. The average molecular weight is 242 g/mol. The number of thioether (sulfide) groups is 1. The molecule has 1 aliphatic carbocycles. The van der Waals surface area contributed by atoms with E-state index in [1.165, 1.54) is 25.7 Å². The van der Waals surface area contributed by atoms with Crippen LogP contribution in [-0.4, -0.2) is 36.0 Å². The van der Waals surface area contributed by atoms with E-state index in [1.807, 2.05) is 11.8 Å². The highest BCUT2D eigenvalue weighted by atomic mass is 32.2. The summed E-state index contributed by atoms with van der Waals surface area (Å²) in [6, 6.07) is 0.475. The third-order valence-electron chi connectivity index (χ3n) is 3.71. The smallest absolute Gasteiger partial charge is 0.237 e. The fourth-order valence-corrected chi connectivity index (χ4v) is 3.67. The Hall–Kier alpha value is -0.220. The highest BCUT2D eigenvalue weighted by molar-refractivity contribution is 7.99. The number of rotatable bonds is 3. The van der Waals surface area contributed by atoms with Gasteiger partial charge in [0.1, 0.15) is 0 Å². The van der Waals surface area contributed by atoms with E-state index in [0.717, 1.165) is 19.4 Å². The van der Waals surface area contributed by atoms with Gasteiger partial charge < -0.3 is 10.6 Å². The van der Waals surface area contributed by atoms with E-state index in [-0.39, 0.29) is 11.9 Å². The van der Waals surface area contributed by atoms with E-state index < -0.39 is 0 Å². The summed E-state index contributed by atoms with van der Waals surface area (Å²) in [6.07, 6.45) is 9.21. The standard InChI is InChI=1S/C12H22N2OS/c1-16-11-7-4-6-9(11)14-12(15)10-5-2-3-8-13-10/h9-11,13H,2-8H2,1H3,(H,14,15). The van der Waals surface area contributed by atoms with E-state index in [0.29, 0.717) is 11.3 Å². The predicted octanol–water partition coefficient (Wildman–Crippen LogP) is 1.53. The number of piperidine rings is 1. The van der Waals surface area contributed by atoms with Gasteiger partial charge in [0.2, 0.25) is 5.91 Å². The molecule has 16 heavy (non-hydrogen) atoms. The second kappa shape index (κ2) is 5.92. The van der Waals surface area contributed by atoms with Gasteiger partial charge in [0.25, 0.3) is 0 Å². The average Bonchev–Trinajstić information content (AvgIpc) is 2.77. The van der Waals surface area contributed by atoms with Crippen LogP contribution in [0.1, 0.15) is 38.5 Å². The Bertz CT molecular complexity index is 241. The van der Waals surface area contributed by atoms with Crippen LogP contribution in [-0.2, 0) is 4.79 Å². The molecule has 1 saturated carbocycles. The molecule has 0 radical (unpaired) electrons. The van der Waals surface area contributed by atoms with E-state index in [1.54, 1.807) is 0 Å². The van der Waals surface area contributed by atoms with Crippen molar-refractivity contribution in [1.82, 2.24) is 10.6 Å². The van der Waals surface area contributed by atoms with Crippen LogP contribution in [0.5, 0.6) is 0 Å². The number of hydrogen-bond donors (Lipinski definition) is 2. The zero-order valence-electron chi connectivity index (χ0n) is 10.00. The molecule has 0 bridgehead atoms. The molecule has 92 valence electrons. The lowest BCUT2D eigenvalue weighted by molar-refractivity contribution is -0.124. The van der Waals surface area contributed by atoms with Gasteiger partial charge in [-0.15, -0.1) is 0 Å². The molecule has 3 nitrogen and oxygen atoms in total. The summed E-state index contributed by atoms with van der Waals surface area (Å²) < 4.78 is 0. The first-order valence-electron chi connectivity index (χ1n) is 6.38. The van der Waals surface area contributed by atoms with Gasteiger partial charge >= 0.3 is 0 Å². The summed E-state index contributed by atoms with van der Waals surface area (Å²) >= 11 is 1.89. The summed E-state index contributed by atoms with van der Waals surface area (Å²) in [7, 11) is 0. The highest BCUT2D eigenvalue weighted by Crippen LogP contribution is 2.28. The molecule has 3 atom stereocenters. The summed E-state index contributed by atoms with van der Waals surface area (Å²) in [6.45, 7) is 0.995. The van der Waals surface area contributed by atoms with Crippen molar-refractivity contribution in [2.24, 2.45) is 0 Å². The minimum absolute atomic E-state index is 0.0665. The van der Waals surface area contributed by atoms with Crippen molar-refractivity contribution >= 4 is 17.7 Å². The summed E-state index contributed by atoms with van der Waals surface area (Å²) in [5, 5.41) is 7.17. The summed E-state index contributed by atoms with van der Waals surface area (Å²) in [5.41, 5.74) is 0. The van der Waals surface area contributed by atoms with Crippen LogP contribution < -0.4 is 10.6 Å². The predicted molar refractivity (Wildman–Crippen MR) is 68.7 cm³/mol. The third-order valence-corrected chi connectivity index (χ3v) is 4.88. The molecule has 1 saturated heterocycles. The SMILES string of the molecule is CSC1CCCC1NC(=O)C1CCCCN1. The van der Waals surface area contributed by atoms with Crippen LogP contribution in [0.15, 0.2) is 0 Å². The molecule has 4 heteroatoms. The fourth-order valence-electron chi connectivity index (χ4n) is 2.73. The van der Waals surface area contributed by atoms with Gasteiger partial charge in [-0.25, -0.2) is 0 Å². The topological polar surface area (TPSA) is 41.1 Å². The van der Waals surface area contributed by atoms with Gasteiger partial charge in [-0.1, -0.05) is 12.8 Å². The van der Waals surface area contributed by atoms with Gasteiger partial charge in [-0.2, -0.15) is 11.8 Å². The van der Waals surface area contributed by atoms with Crippen molar-refractivity contribution in [2.75, 3.05) is 12.8 Å². The first-order valence-corrected chi connectivity index (χ1v) is 7.66. The largest absolute Gasteiger partial charge is 0.351 e. The van der Waals surface area contributed by atoms with Crippen LogP contribution >= 0.6 is 11.8 Å². The van der Waals surface area contributed by atoms with Crippen molar-refractivity contribution in [1.29, 1.82) is 0 Å². The maximum absolute atomic E-state index is 12.0. The molecule has 3 unspecified atom stereocenters. The molecule has 1 heterocycles. The first kappa shape index (κ1) is 12.2. The Morgan fingerprint density at radius 3 is 2.81 bits per heavy atom. The fraction of sp³-hybridized carbons (Fsp3) is 0.917. The molecule has 2 aliphatic rings. The van der Waals surface area contributed by atoms with Gasteiger partial charge in [0, 0.05) is 11.3 Å². The maximum Gasteiger partial charge on any atom is 0.237 e. The van der Waals surface area contributed by atoms with Crippen LogP contribution in [0.3, 0.4) is 0 Å².